The van der Waals surface area contributed by atoms with Crippen molar-refractivity contribution in [1.82, 2.24) is 0 Å². The smallest absolute Gasteiger partial charge is 0.243 e. The summed E-state index contributed by atoms with van der Waals surface area (Å²) in [5, 5.41) is 3.20. The minimum absolute atomic E-state index is 0.604. The topological polar surface area (TPSA) is 21.3 Å². The van der Waals surface area contributed by atoms with Crippen LogP contribution in [0.15, 0.2) is 18.2 Å². The van der Waals surface area contributed by atoms with E-state index >= 15 is 0 Å². The number of anilines is 1. The van der Waals surface area contributed by atoms with Gasteiger partial charge in [0.15, 0.2) is 0 Å². The average Bonchev–Trinajstić information content (AvgIpc) is 2.49. The van der Waals surface area contributed by atoms with Crippen LogP contribution >= 0.6 is 0 Å². The standard InChI is InChI=1S/C11H14FNO/c1-11(2,12)14-9-5-3-4-8-6-7-13-10(8)9/h3-5,13H,6-7H2,1-2H3. The van der Waals surface area contributed by atoms with Crippen LogP contribution in [0.1, 0.15) is 19.4 Å². The molecule has 0 saturated heterocycles. The van der Waals surface area contributed by atoms with Crippen LogP contribution in [0.2, 0.25) is 0 Å². The van der Waals surface area contributed by atoms with Crippen LogP contribution in [-0.4, -0.2) is 12.4 Å². The minimum Gasteiger partial charge on any atom is -0.456 e. The number of para-hydroxylation sites is 1. The molecule has 1 aromatic carbocycles. The van der Waals surface area contributed by atoms with Gasteiger partial charge in [0.2, 0.25) is 5.85 Å². The third kappa shape index (κ3) is 1.81. The van der Waals surface area contributed by atoms with Crippen molar-refractivity contribution in [1.29, 1.82) is 0 Å². The molecule has 0 unspecified atom stereocenters. The van der Waals surface area contributed by atoms with Crippen LogP contribution in [0.25, 0.3) is 0 Å². The first kappa shape index (κ1) is 9.31. The highest BCUT2D eigenvalue weighted by molar-refractivity contribution is 5.65. The van der Waals surface area contributed by atoms with E-state index in [9.17, 15) is 4.39 Å². The number of benzene rings is 1. The van der Waals surface area contributed by atoms with Crippen LogP contribution in [-0.2, 0) is 6.42 Å². The first-order valence-corrected chi connectivity index (χ1v) is 4.80. The Morgan fingerprint density at radius 1 is 1.43 bits per heavy atom. The fraction of sp³-hybridized carbons (Fsp3) is 0.455. The van der Waals surface area contributed by atoms with Crippen molar-refractivity contribution in [3.63, 3.8) is 0 Å². The molecule has 76 valence electrons. The highest BCUT2D eigenvalue weighted by atomic mass is 19.2. The minimum atomic E-state index is -1.63. The molecule has 0 aromatic heterocycles. The summed E-state index contributed by atoms with van der Waals surface area (Å²) >= 11 is 0. The summed E-state index contributed by atoms with van der Waals surface area (Å²) in [5.41, 5.74) is 2.14. The number of alkyl halides is 1. The summed E-state index contributed by atoms with van der Waals surface area (Å²) in [6.45, 7) is 3.71. The second kappa shape index (κ2) is 3.15. The van der Waals surface area contributed by atoms with E-state index in [1.54, 1.807) is 6.07 Å². The second-order valence-electron chi connectivity index (χ2n) is 3.93. The van der Waals surface area contributed by atoms with Crippen molar-refractivity contribution in [2.75, 3.05) is 11.9 Å². The lowest BCUT2D eigenvalue weighted by atomic mass is 10.1. The third-order valence-electron chi connectivity index (χ3n) is 2.16. The number of fused-ring (bicyclic) bond motifs is 1. The van der Waals surface area contributed by atoms with Gasteiger partial charge in [0.25, 0.3) is 0 Å². The molecule has 14 heavy (non-hydrogen) atoms. The quantitative estimate of drug-likeness (QED) is 0.783. The van der Waals surface area contributed by atoms with Crippen molar-refractivity contribution < 1.29 is 9.13 Å². The fourth-order valence-corrected chi connectivity index (χ4v) is 1.65. The van der Waals surface area contributed by atoms with Gasteiger partial charge in [-0.25, -0.2) is 0 Å². The fourth-order valence-electron chi connectivity index (χ4n) is 1.65. The van der Waals surface area contributed by atoms with E-state index in [0.29, 0.717) is 5.75 Å². The van der Waals surface area contributed by atoms with Crippen molar-refractivity contribution >= 4 is 5.69 Å². The van der Waals surface area contributed by atoms with Gasteiger partial charge in [0, 0.05) is 20.4 Å². The second-order valence-corrected chi connectivity index (χ2v) is 3.93. The zero-order valence-corrected chi connectivity index (χ0v) is 8.43. The van der Waals surface area contributed by atoms with E-state index in [2.05, 4.69) is 5.32 Å². The molecule has 0 radical (unpaired) electrons. The molecular weight excluding hydrogens is 181 g/mol. The Morgan fingerprint density at radius 2 is 2.21 bits per heavy atom. The molecule has 0 fully saturated rings. The van der Waals surface area contributed by atoms with E-state index in [1.165, 1.54) is 19.4 Å². The van der Waals surface area contributed by atoms with Crippen LogP contribution in [0.3, 0.4) is 0 Å². The number of ether oxygens (including phenoxy) is 1. The summed E-state index contributed by atoms with van der Waals surface area (Å²) < 4.78 is 18.5. The molecule has 1 aliphatic rings. The predicted octanol–water partition coefficient (Wildman–Crippen LogP) is 2.74. The van der Waals surface area contributed by atoms with Gasteiger partial charge in [-0.2, -0.15) is 4.39 Å². The lowest BCUT2D eigenvalue weighted by molar-refractivity contribution is -0.0251. The number of halogens is 1. The monoisotopic (exact) mass is 195 g/mol. The van der Waals surface area contributed by atoms with Crippen molar-refractivity contribution in [3.8, 4) is 5.75 Å². The molecule has 0 saturated carbocycles. The Kier molecular flexibility index (Phi) is 2.10. The Balaban J connectivity index is 2.31. The van der Waals surface area contributed by atoms with Crippen molar-refractivity contribution in [3.05, 3.63) is 23.8 Å². The Hall–Kier alpha value is -1.25. The lowest BCUT2D eigenvalue weighted by Gasteiger charge is -2.19. The van der Waals surface area contributed by atoms with Crippen LogP contribution < -0.4 is 10.1 Å². The molecule has 1 N–H and O–H groups in total. The summed E-state index contributed by atoms with van der Waals surface area (Å²) in [6.07, 6.45) is 0.985. The molecule has 1 heterocycles. The zero-order chi connectivity index (χ0) is 10.2. The Morgan fingerprint density at radius 3 is 2.93 bits per heavy atom. The normalized spacial score (nSPS) is 14.8. The molecule has 1 aromatic rings. The van der Waals surface area contributed by atoms with Gasteiger partial charge in [-0.1, -0.05) is 12.1 Å². The number of hydrogen-bond acceptors (Lipinski definition) is 2. The van der Waals surface area contributed by atoms with Gasteiger partial charge in [-0.15, -0.1) is 0 Å². The Labute approximate surface area is 83.1 Å². The van der Waals surface area contributed by atoms with E-state index < -0.39 is 5.85 Å². The lowest BCUT2D eigenvalue weighted by Crippen LogP contribution is -2.21. The maximum atomic E-state index is 13.3. The van der Waals surface area contributed by atoms with E-state index in [-0.39, 0.29) is 0 Å². The van der Waals surface area contributed by atoms with Crippen LogP contribution in [0, 0.1) is 0 Å². The van der Waals surface area contributed by atoms with Gasteiger partial charge >= 0.3 is 0 Å². The first-order valence-electron chi connectivity index (χ1n) is 4.80. The van der Waals surface area contributed by atoms with Gasteiger partial charge in [-0.05, 0) is 18.1 Å². The maximum Gasteiger partial charge on any atom is 0.243 e. The molecule has 0 amide bonds. The summed E-state index contributed by atoms with van der Waals surface area (Å²) in [5.74, 6) is -1.02. The SMILES string of the molecule is CC(C)(F)Oc1cccc2c1NCC2. The predicted molar refractivity (Wildman–Crippen MR) is 54.5 cm³/mol. The van der Waals surface area contributed by atoms with Gasteiger partial charge in [-0.3, -0.25) is 0 Å². The van der Waals surface area contributed by atoms with E-state index in [1.807, 2.05) is 12.1 Å². The number of nitrogens with one attached hydrogen (secondary N) is 1. The van der Waals surface area contributed by atoms with Gasteiger partial charge in [0.05, 0.1) is 5.69 Å². The molecule has 2 nitrogen and oxygen atoms in total. The van der Waals surface area contributed by atoms with Gasteiger partial charge < -0.3 is 10.1 Å². The maximum absolute atomic E-state index is 13.3. The summed E-state index contributed by atoms with van der Waals surface area (Å²) in [6, 6.07) is 5.72. The largest absolute Gasteiger partial charge is 0.456 e. The van der Waals surface area contributed by atoms with Crippen molar-refractivity contribution in [2.45, 2.75) is 26.1 Å². The molecular formula is C11H14FNO. The van der Waals surface area contributed by atoms with Gasteiger partial charge in [0.1, 0.15) is 5.75 Å². The van der Waals surface area contributed by atoms with E-state index in [4.69, 9.17) is 4.74 Å². The third-order valence-corrected chi connectivity index (χ3v) is 2.16. The highest BCUT2D eigenvalue weighted by Gasteiger charge is 2.21. The first-order chi connectivity index (χ1) is 6.56. The molecule has 0 spiro atoms. The molecule has 0 bridgehead atoms. The molecule has 0 atom stereocenters. The number of rotatable bonds is 2. The molecule has 3 heteroatoms. The Bertz CT molecular complexity index is 344. The summed E-state index contributed by atoms with van der Waals surface area (Å²) in [4.78, 5) is 0. The van der Waals surface area contributed by atoms with Crippen LogP contribution in [0.4, 0.5) is 10.1 Å². The average molecular weight is 195 g/mol. The van der Waals surface area contributed by atoms with Crippen molar-refractivity contribution in [2.24, 2.45) is 0 Å². The summed E-state index contributed by atoms with van der Waals surface area (Å²) in [7, 11) is 0. The number of hydrogen-bond donors (Lipinski definition) is 1. The van der Waals surface area contributed by atoms with Crippen LogP contribution in [0.5, 0.6) is 5.75 Å². The molecule has 1 aliphatic heterocycles. The zero-order valence-electron chi connectivity index (χ0n) is 8.43. The highest BCUT2D eigenvalue weighted by Crippen LogP contribution is 2.34. The molecule has 2 rings (SSSR count). The van der Waals surface area contributed by atoms with E-state index in [0.717, 1.165) is 18.7 Å². The molecule has 0 aliphatic carbocycles.